The van der Waals surface area contributed by atoms with Crippen LogP contribution in [0.3, 0.4) is 0 Å². The van der Waals surface area contributed by atoms with Crippen molar-refractivity contribution in [3.05, 3.63) is 28.2 Å². The monoisotopic (exact) mass is 331 g/mol. The minimum Gasteiger partial charge on any atom is -0.508 e. The topological polar surface area (TPSA) is 41.9 Å². The van der Waals surface area contributed by atoms with Crippen LogP contribution in [0.25, 0.3) is 0 Å². The van der Waals surface area contributed by atoms with Gasteiger partial charge in [-0.25, -0.2) is 0 Å². The summed E-state index contributed by atoms with van der Waals surface area (Å²) in [6.07, 6.45) is 0. The van der Waals surface area contributed by atoms with Crippen molar-refractivity contribution in [2.75, 3.05) is 34.0 Å². The summed E-state index contributed by atoms with van der Waals surface area (Å²) >= 11 is 3.51. The van der Waals surface area contributed by atoms with Crippen LogP contribution < -0.4 is 0 Å². The fraction of sp³-hybridized carbons (Fsp3) is 0.571. The Balaban J connectivity index is 2.77. The van der Waals surface area contributed by atoms with E-state index in [0.29, 0.717) is 13.2 Å². The van der Waals surface area contributed by atoms with Gasteiger partial charge < -0.3 is 14.6 Å². The van der Waals surface area contributed by atoms with Crippen LogP contribution >= 0.6 is 15.9 Å². The first-order chi connectivity index (χ1) is 9.08. The highest BCUT2D eigenvalue weighted by Crippen LogP contribution is 2.23. The Hall–Kier alpha value is -0.620. The fourth-order valence-electron chi connectivity index (χ4n) is 1.91. The lowest BCUT2D eigenvalue weighted by Gasteiger charge is -2.28. The normalized spacial score (nSPS) is 12.9. The molecule has 0 heterocycles. The number of aromatic hydroxyl groups is 1. The van der Waals surface area contributed by atoms with E-state index in [4.69, 9.17) is 9.47 Å². The quantitative estimate of drug-likeness (QED) is 0.795. The fourth-order valence-corrected chi connectivity index (χ4v) is 2.28. The maximum absolute atomic E-state index is 9.58. The molecule has 0 bridgehead atoms. The summed E-state index contributed by atoms with van der Waals surface area (Å²) in [5, 5.41) is 9.58. The molecule has 0 aliphatic heterocycles. The van der Waals surface area contributed by atoms with Crippen molar-refractivity contribution in [2.45, 2.75) is 19.5 Å². The first kappa shape index (κ1) is 16.4. The summed E-state index contributed by atoms with van der Waals surface area (Å²) in [6, 6.07) is 5.60. The molecule has 0 aliphatic rings. The molecule has 0 fully saturated rings. The van der Waals surface area contributed by atoms with Gasteiger partial charge in [0.25, 0.3) is 0 Å². The van der Waals surface area contributed by atoms with E-state index in [2.05, 4.69) is 27.8 Å². The number of hydrogen-bond donors (Lipinski definition) is 1. The van der Waals surface area contributed by atoms with Gasteiger partial charge in [-0.1, -0.05) is 15.9 Å². The number of methoxy groups -OCH3 is 2. The van der Waals surface area contributed by atoms with Crippen molar-refractivity contribution in [3.63, 3.8) is 0 Å². The minimum atomic E-state index is 0.282. The molecule has 0 spiro atoms. The molecular weight excluding hydrogens is 310 g/mol. The Kier molecular flexibility index (Phi) is 7.38. The van der Waals surface area contributed by atoms with Crippen LogP contribution in [0.15, 0.2) is 22.7 Å². The van der Waals surface area contributed by atoms with Gasteiger partial charge >= 0.3 is 0 Å². The molecule has 1 unspecified atom stereocenters. The number of phenolic OH excluding ortho intramolecular Hbond substituents is 1. The average Bonchev–Trinajstić information content (AvgIpc) is 2.38. The molecule has 0 aromatic heterocycles. The van der Waals surface area contributed by atoms with Gasteiger partial charge in [0.15, 0.2) is 0 Å². The van der Waals surface area contributed by atoms with E-state index in [0.717, 1.165) is 23.1 Å². The van der Waals surface area contributed by atoms with Crippen molar-refractivity contribution >= 4 is 15.9 Å². The Labute approximate surface area is 123 Å². The van der Waals surface area contributed by atoms with Crippen LogP contribution in [-0.4, -0.2) is 50.0 Å². The lowest BCUT2D eigenvalue weighted by molar-refractivity contribution is 0.0703. The van der Waals surface area contributed by atoms with E-state index in [1.54, 1.807) is 26.4 Å². The molecule has 0 saturated carbocycles. The number of halogens is 1. The molecular formula is C14H22BrNO3. The molecule has 108 valence electrons. The standard InChI is InChI=1S/C14H22BrNO3/c1-11(10-19-3)16(6-7-18-2)9-12-8-13(17)4-5-14(12)15/h4-5,8,11,17H,6-7,9-10H2,1-3H3. The smallest absolute Gasteiger partial charge is 0.115 e. The van der Waals surface area contributed by atoms with E-state index in [9.17, 15) is 5.11 Å². The Morgan fingerprint density at radius 2 is 2.05 bits per heavy atom. The number of rotatable bonds is 8. The largest absolute Gasteiger partial charge is 0.508 e. The number of hydrogen-bond acceptors (Lipinski definition) is 4. The van der Waals surface area contributed by atoms with Gasteiger partial charge in [-0.3, -0.25) is 4.90 Å². The molecule has 4 nitrogen and oxygen atoms in total. The van der Waals surface area contributed by atoms with Crippen LogP contribution in [-0.2, 0) is 16.0 Å². The summed E-state index contributed by atoms with van der Waals surface area (Å²) in [5.74, 6) is 0.282. The van der Waals surface area contributed by atoms with Crippen LogP contribution in [0.4, 0.5) is 0 Å². The van der Waals surface area contributed by atoms with Crippen molar-refractivity contribution < 1.29 is 14.6 Å². The van der Waals surface area contributed by atoms with Crippen LogP contribution in [0.5, 0.6) is 5.75 Å². The van der Waals surface area contributed by atoms with E-state index in [1.165, 1.54) is 0 Å². The van der Waals surface area contributed by atoms with E-state index in [-0.39, 0.29) is 11.8 Å². The van der Waals surface area contributed by atoms with Gasteiger partial charge in [0.2, 0.25) is 0 Å². The summed E-state index contributed by atoms with van der Waals surface area (Å²) in [6.45, 7) is 5.02. The maximum Gasteiger partial charge on any atom is 0.115 e. The van der Waals surface area contributed by atoms with Crippen LogP contribution in [0, 0.1) is 0 Å². The molecule has 0 amide bonds. The third-order valence-electron chi connectivity index (χ3n) is 3.02. The second-order valence-electron chi connectivity index (χ2n) is 4.54. The molecule has 1 aromatic rings. The molecule has 1 aromatic carbocycles. The first-order valence-corrected chi connectivity index (χ1v) is 7.07. The van der Waals surface area contributed by atoms with Gasteiger partial charge in [-0.2, -0.15) is 0 Å². The maximum atomic E-state index is 9.58. The predicted molar refractivity (Wildman–Crippen MR) is 79.4 cm³/mol. The highest BCUT2D eigenvalue weighted by atomic mass is 79.9. The van der Waals surface area contributed by atoms with Crippen LogP contribution in [0.1, 0.15) is 12.5 Å². The van der Waals surface area contributed by atoms with E-state index >= 15 is 0 Å². The number of benzene rings is 1. The zero-order chi connectivity index (χ0) is 14.3. The van der Waals surface area contributed by atoms with E-state index in [1.807, 2.05) is 6.07 Å². The summed E-state index contributed by atoms with van der Waals surface area (Å²) < 4.78 is 11.4. The van der Waals surface area contributed by atoms with Crippen LogP contribution in [0.2, 0.25) is 0 Å². The Morgan fingerprint density at radius 1 is 1.32 bits per heavy atom. The highest BCUT2D eigenvalue weighted by molar-refractivity contribution is 9.10. The zero-order valence-corrected chi connectivity index (χ0v) is 13.3. The Morgan fingerprint density at radius 3 is 2.68 bits per heavy atom. The predicted octanol–water partition coefficient (Wildman–Crippen LogP) is 2.64. The molecule has 1 atom stereocenters. The number of ether oxygens (including phenoxy) is 2. The average molecular weight is 332 g/mol. The van der Waals surface area contributed by atoms with E-state index < -0.39 is 0 Å². The molecule has 1 N–H and O–H groups in total. The lowest BCUT2D eigenvalue weighted by atomic mass is 10.1. The molecule has 0 saturated heterocycles. The van der Waals surface area contributed by atoms with Gasteiger partial charge in [0.1, 0.15) is 5.75 Å². The third-order valence-corrected chi connectivity index (χ3v) is 3.79. The number of phenols is 1. The Bertz CT molecular complexity index is 387. The van der Waals surface area contributed by atoms with Gasteiger partial charge in [0.05, 0.1) is 13.2 Å². The minimum absolute atomic E-state index is 0.282. The van der Waals surface area contributed by atoms with Crippen molar-refractivity contribution in [2.24, 2.45) is 0 Å². The third kappa shape index (κ3) is 5.48. The second-order valence-corrected chi connectivity index (χ2v) is 5.40. The van der Waals surface area contributed by atoms with Gasteiger partial charge in [-0.05, 0) is 30.7 Å². The summed E-state index contributed by atoms with van der Waals surface area (Å²) in [4.78, 5) is 2.27. The molecule has 0 radical (unpaired) electrons. The molecule has 0 aliphatic carbocycles. The van der Waals surface area contributed by atoms with Gasteiger partial charge in [-0.15, -0.1) is 0 Å². The zero-order valence-electron chi connectivity index (χ0n) is 11.7. The first-order valence-electron chi connectivity index (χ1n) is 6.27. The SMILES string of the molecule is COCCN(Cc1cc(O)ccc1Br)C(C)COC. The molecule has 1 rings (SSSR count). The van der Waals surface area contributed by atoms with Crippen molar-refractivity contribution in [1.82, 2.24) is 4.90 Å². The lowest BCUT2D eigenvalue weighted by Crippen LogP contribution is -2.38. The summed E-state index contributed by atoms with van der Waals surface area (Å²) in [7, 11) is 3.40. The molecule has 19 heavy (non-hydrogen) atoms. The number of nitrogens with zero attached hydrogens (tertiary/aromatic N) is 1. The summed E-state index contributed by atoms with van der Waals surface area (Å²) in [5.41, 5.74) is 1.05. The highest BCUT2D eigenvalue weighted by Gasteiger charge is 2.15. The second kappa shape index (κ2) is 8.53. The van der Waals surface area contributed by atoms with Gasteiger partial charge in [0, 0.05) is 37.8 Å². The van der Waals surface area contributed by atoms with Crippen molar-refractivity contribution in [3.8, 4) is 5.75 Å². The van der Waals surface area contributed by atoms with Crippen molar-refractivity contribution in [1.29, 1.82) is 0 Å². The molecule has 5 heteroatoms.